The Morgan fingerprint density at radius 2 is 2.00 bits per heavy atom. The molecule has 22 heavy (non-hydrogen) atoms. The number of anilines is 1. The van der Waals surface area contributed by atoms with Gasteiger partial charge in [0.15, 0.2) is 0 Å². The maximum Gasteiger partial charge on any atom is 0.311 e. The first kappa shape index (κ1) is 18.1. The van der Waals surface area contributed by atoms with Crippen LogP contribution in [0, 0.1) is 12.3 Å². The second-order valence-corrected chi connectivity index (χ2v) is 6.45. The van der Waals surface area contributed by atoms with Crippen molar-refractivity contribution in [2.75, 3.05) is 11.9 Å². The highest BCUT2D eigenvalue weighted by Crippen LogP contribution is 2.20. The second-order valence-electron chi connectivity index (χ2n) is 6.45. The third-order valence-corrected chi connectivity index (χ3v) is 3.18. The molecule has 0 saturated heterocycles. The summed E-state index contributed by atoms with van der Waals surface area (Å²) >= 11 is 0. The van der Waals surface area contributed by atoms with E-state index in [1.165, 1.54) is 0 Å². The fraction of sp³-hybridized carbons (Fsp3) is 0.588. The van der Waals surface area contributed by atoms with Gasteiger partial charge in [-0.2, -0.15) is 0 Å². The van der Waals surface area contributed by atoms with E-state index in [0.29, 0.717) is 18.0 Å². The fourth-order valence-corrected chi connectivity index (χ4v) is 1.68. The molecule has 0 aliphatic heterocycles. The molecular formula is C17H26N2O3. The highest BCUT2D eigenvalue weighted by Gasteiger charge is 2.21. The summed E-state index contributed by atoms with van der Waals surface area (Å²) in [7, 11) is 0. The first-order valence-electron chi connectivity index (χ1n) is 7.66. The van der Waals surface area contributed by atoms with E-state index in [1.54, 1.807) is 12.3 Å². The maximum atomic E-state index is 12.0. The first-order chi connectivity index (χ1) is 10.2. The standard InChI is InChI=1S/C17H26N2O3/c1-6-7-8-22-15(20)10-13-9-12(2)14(11-18-13)19-16(21)17(3,4)5/h9,11H,6-8,10H2,1-5H3,(H,19,21). The van der Waals surface area contributed by atoms with Crippen molar-refractivity contribution in [1.82, 2.24) is 4.98 Å². The van der Waals surface area contributed by atoms with E-state index in [4.69, 9.17) is 4.74 Å². The van der Waals surface area contributed by atoms with Crippen LogP contribution in [0.5, 0.6) is 0 Å². The van der Waals surface area contributed by atoms with Gasteiger partial charge in [0.1, 0.15) is 0 Å². The normalized spacial score (nSPS) is 11.1. The monoisotopic (exact) mass is 306 g/mol. The number of carbonyl (C=O) groups is 2. The zero-order valence-corrected chi connectivity index (χ0v) is 14.2. The van der Waals surface area contributed by atoms with Gasteiger partial charge in [0, 0.05) is 5.41 Å². The van der Waals surface area contributed by atoms with E-state index in [-0.39, 0.29) is 18.3 Å². The Kier molecular flexibility index (Phi) is 6.53. The van der Waals surface area contributed by atoms with Crippen molar-refractivity contribution in [3.05, 3.63) is 23.5 Å². The fourth-order valence-electron chi connectivity index (χ4n) is 1.68. The summed E-state index contributed by atoms with van der Waals surface area (Å²) in [6, 6.07) is 1.80. The Labute approximate surface area is 132 Å². The van der Waals surface area contributed by atoms with Crippen molar-refractivity contribution in [3.63, 3.8) is 0 Å². The van der Waals surface area contributed by atoms with E-state index in [0.717, 1.165) is 18.4 Å². The number of hydrogen-bond donors (Lipinski definition) is 1. The van der Waals surface area contributed by atoms with Gasteiger partial charge in [-0.15, -0.1) is 0 Å². The van der Waals surface area contributed by atoms with Crippen molar-refractivity contribution in [2.24, 2.45) is 5.41 Å². The third kappa shape index (κ3) is 5.84. The zero-order valence-electron chi connectivity index (χ0n) is 14.2. The number of aryl methyl sites for hydroxylation is 1. The number of amides is 1. The summed E-state index contributed by atoms with van der Waals surface area (Å²) in [4.78, 5) is 27.9. The van der Waals surface area contributed by atoms with Gasteiger partial charge in [-0.25, -0.2) is 0 Å². The molecule has 1 rings (SSSR count). The number of pyridine rings is 1. The largest absolute Gasteiger partial charge is 0.465 e. The van der Waals surface area contributed by atoms with Crippen LogP contribution in [0.3, 0.4) is 0 Å². The lowest BCUT2D eigenvalue weighted by molar-refractivity contribution is -0.143. The molecule has 1 amide bonds. The number of esters is 1. The summed E-state index contributed by atoms with van der Waals surface area (Å²) in [5.41, 5.74) is 1.73. The molecule has 0 radical (unpaired) electrons. The average molecular weight is 306 g/mol. The smallest absolute Gasteiger partial charge is 0.311 e. The van der Waals surface area contributed by atoms with E-state index in [1.807, 2.05) is 34.6 Å². The predicted molar refractivity (Wildman–Crippen MR) is 86.6 cm³/mol. The molecule has 0 unspecified atom stereocenters. The molecule has 122 valence electrons. The highest BCUT2D eigenvalue weighted by molar-refractivity contribution is 5.95. The van der Waals surface area contributed by atoms with Crippen molar-refractivity contribution in [3.8, 4) is 0 Å². The highest BCUT2D eigenvalue weighted by atomic mass is 16.5. The lowest BCUT2D eigenvalue weighted by Crippen LogP contribution is -2.28. The first-order valence-corrected chi connectivity index (χ1v) is 7.66. The molecule has 0 aliphatic carbocycles. The second kappa shape index (κ2) is 7.92. The Morgan fingerprint density at radius 1 is 1.32 bits per heavy atom. The molecule has 1 aromatic rings. The van der Waals surface area contributed by atoms with E-state index in [2.05, 4.69) is 10.3 Å². The van der Waals surface area contributed by atoms with Crippen LogP contribution in [-0.2, 0) is 20.7 Å². The van der Waals surface area contributed by atoms with E-state index < -0.39 is 5.41 Å². The van der Waals surface area contributed by atoms with Gasteiger partial charge in [-0.1, -0.05) is 34.1 Å². The molecule has 0 saturated carbocycles. The van der Waals surface area contributed by atoms with Gasteiger partial charge in [0.05, 0.1) is 30.6 Å². The molecule has 0 spiro atoms. The molecule has 1 aromatic heterocycles. The number of hydrogen-bond acceptors (Lipinski definition) is 4. The molecule has 5 nitrogen and oxygen atoms in total. The summed E-state index contributed by atoms with van der Waals surface area (Å²) < 4.78 is 5.12. The molecule has 0 aliphatic rings. The molecule has 0 aromatic carbocycles. The van der Waals surface area contributed by atoms with E-state index in [9.17, 15) is 9.59 Å². The number of nitrogens with zero attached hydrogens (tertiary/aromatic N) is 1. The van der Waals surface area contributed by atoms with E-state index >= 15 is 0 Å². The number of unbranched alkanes of at least 4 members (excludes halogenated alkanes) is 1. The molecule has 0 bridgehead atoms. The SMILES string of the molecule is CCCCOC(=O)Cc1cc(C)c(NC(=O)C(C)(C)C)cn1. The molecule has 1 N–H and O–H groups in total. The summed E-state index contributed by atoms with van der Waals surface area (Å²) in [6.07, 6.45) is 3.61. The Hall–Kier alpha value is -1.91. The third-order valence-electron chi connectivity index (χ3n) is 3.18. The minimum Gasteiger partial charge on any atom is -0.465 e. The van der Waals surface area contributed by atoms with Crippen LogP contribution in [-0.4, -0.2) is 23.5 Å². The van der Waals surface area contributed by atoms with Crippen molar-refractivity contribution < 1.29 is 14.3 Å². The minimum atomic E-state index is -0.464. The van der Waals surface area contributed by atoms with Crippen LogP contribution in [0.1, 0.15) is 51.8 Å². The molecule has 0 fully saturated rings. The number of rotatable bonds is 6. The predicted octanol–water partition coefficient (Wildman–Crippen LogP) is 3.26. The Balaban J connectivity index is 2.66. The molecular weight excluding hydrogens is 280 g/mol. The van der Waals surface area contributed by atoms with Crippen molar-refractivity contribution in [1.29, 1.82) is 0 Å². The van der Waals surface area contributed by atoms with Crippen LogP contribution in [0.2, 0.25) is 0 Å². The van der Waals surface area contributed by atoms with Gasteiger partial charge < -0.3 is 10.1 Å². The summed E-state index contributed by atoms with van der Waals surface area (Å²) in [6.45, 7) is 9.94. The lowest BCUT2D eigenvalue weighted by Gasteiger charge is -2.18. The van der Waals surface area contributed by atoms with Crippen molar-refractivity contribution >= 4 is 17.6 Å². The van der Waals surface area contributed by atoms with Gasteiger partial charge in [0.25, 0.3) is 0 Å². The maximum absolute atomic E-state index is 12.0. The molecule has 5 heteroatoms. The Morgan fingerprint density at radius 3 is 2.55 bits per heavy atom. The van der Waals surface area contributed by atoms with Crippen LogP contribution < -0.4 is 5.32 Å². The number of nitrogens with one attached hydrogen (secondary N) is 1. The Bertz CT molecular complexity index is 533. The lowest BCUT2D eigenvalue weighted by atomic mass is 9.95. The number of aromatic nitrogens is 1. The topological polar surface area (TPSA) is 68.3 Å². The van der Waals surface area contributed by atoms with Gasteiger partial charge >= 0.3 is 5.97 Å². The van der Waals surface area contributed by atoms with Crippen molar-refractivity contribution in [2.45, 2.75) is 53.9 Å². The summed E-state index contributed by atoms with van der Waals surface area (Å²) in [5.74, 6) is -0.337. The van der Waals surface area contributed by atoms with Crippen LogP contribution in [0.25, 0.3) is 0 Å². The van der Waals surface area contributed by atoms with Crippen LogP contribution >= 0.6 is 0 Å². The quantitative estimate of drug-likeness (QED) is 0.647. The summed E-state index contributed by atoms with van der Waals surface area (Å²) in [5, 5.41) is 2.85. The zero-order chi connectivity index (χ0) is 16.8. The molecule has 0 atom stereocenters. The number of ether oxygens (including phenoxy) is 1. The van der Waals surface area contributed by atoms with Gasteiger partial charge in [-0.05, 0) is 25.0 Å². The average Bonchev–Trinajstić information content (AvgIpc) is 2.41. The van der Waals surface area contributed by atoms with Gasteiger partial charge in [-0.3, -0.25) is 14.6 Å². The van der Waals surface area contributed by atoms with Gasteiger partial charge in [0.2, 0.25) is 5.91 Å². The molecule has 1 heterocycles. The van der Waals surface area contributed by atoms with Crippen LogP contribution in [0.4, 0.5) is 5.69 Å². The minimum absolute atomic E-state index is 0.0656. The van der Waals surface area contributed by atoms with Crippen LogP contribution in [0.15, 0.2) is 12.3 Å². The number of carbonyl (C=O) groups excluding carboxylic acids is 2.